The number of aryl methyl sites for hydroxylation is 1. The number of nitrogens with zero attached hydrogens (tertiary/aromatic N) is 2. The van der Waals surface area contributed by atoms with Crippen LogP contribution in [0.3, 0.4) is 0 Å². The molecule has 2 aromatic carbocycles. The highest BCUT2D eigenvalue weighted by atomic mass is 35.5. The highest BCUT2D eigenvalue weighted by molar-refractivity contribution is 6.31. The van der Waals surface area contributed by atoms with Crippen LogP contribution >= 0.6 is 11.6 Å². The van der Waals surface area contributed by atoms with Gasteiger partial charge in [-0.25, -0.2) is 4.98 Å². The second-order valence-electron chi connectivity index (χ2n) is 5.59. The molecule has 3 rings (SSSR count). The van der Waals surface area contributed by atoms with Crippen LogP contribution in [-0.2, 0) is 6.54 Å². The van der Waals surface area contributed by atoms with Crippen molar-refractivity contribution in [3.8, 4) is 5.75 Å². The maximum Gasteiger partial charge on any atom is 0.261 e. The summed E-state index contributed by atoms with van der Waals surface area (Å²) in [6.07, 6.45) is 0.590. The van der Waals surface area contributed by atoms with Gasteiger partial charge in [0, 0.05) is 5.02 Å². The number of aliphatic hydroxyl groups is 1. The number of halogens is 1. The van der Waals surface area contributed by atoms with Gasteiger partial charge in [0.1, 0.15) is 18.5 Å². The Morgan fingerprint density at radius 1 is 1.29 bits per heavy atom. The van der Waals surface area contributed by atoms with E-state index in [-0.39, 0.29) is 18.7 Å². The number of hydrogen-bond donors (Lipinski definition) is 1. The summed E-state index contributed by atoms with van der Waals surface area (Å²) in [6.45, 7) is 2.14. The Labute approximate surface area is 144 Å². The molecule has 24 heavy (non-hydrogen) atoms. The van der Waals surface area contributed by atoms with E-state index in [1.165, 1.54) is 10.9 Å². The molecule has 0 bridgehead atoms. The normalized spacial score (nSPS) is 12.3. The molecule has 3 aromatic rings. The summed E-state index contributed by atoms with van der Waals surface area (Å²) in [4.78, 5) is 16.6. The van der Waals surface area contributed by atoms with Crippen LogP contribution in [0.5, 0.6) is 5.75 Å². The van der Waals surface area contributed by atoms with E-state index in [2.05, 4.69) is 4.98 Å². The average molecular weight is 345 g/mol. The predicted molar refractivity (Wildman–Crippen MR) is 93.7 cm³/mol. The lowest BCUT2D eigenvalue weighted by molar-refractivity contribution is 0.0911. The fraction of sp³-hybridized carbons (Fsp3) is 0.222. The van der Waals surface area contributed by atoms with E-state index in [1.54, 1.807) is 18.2 Å². The number of hydrogen-bond acceptors (Lipinski definition) is 4. The van der Waals surface area contributed by atoms with Gasteiger partial charge in [0.05, 0.1) is 23.8 Å². The average Bonchev–Trinajstić information content (AvgIpc) is 2.56. The van der Waals surface area contributed by atoms with Crippen molar-refractivity contribution in [3.63, 3.8) is 0 Å². The first-order valence-corrected chi connectivity index (χ1v) is 7.93. The molecule has 0 aliphatic rings. The highest BCUT2D eigenvalue weighted by Gasteiger charge is 2.11. The zero-order valence-electron chi connectivity index (χ0n) is 13.1. The minimum atomic E-state index is -0.825. The molecule has 0 saturated heterocycles. The minimum Gasteiger partial charge on any atom is -0.491 e. The Kier molecular flexibility index (Phi) is 4.83. The quantitative estimate of drug-likeness (QED) is 0.773. The lowest BCUT2D eigenvalue weighted by Gasteiger charge is -2.15. The molecule has 0 aliphatic heterocycles. The molecule has 124 valence electrons. The van der Waals surface area contributed by atoms with Gasteiger partial charge in [0.25, 0.3) is 5.56 Å². The Hall–Kier alpha value is -2.37. The molecule has 0 unspecified atom stereocenters. The van der Waals surface area contributed by atoms with Gasteiger partial charge in [-0.05, 0) is 36.8 Å². The summed E-state index contributed by atoms with van der Waals surface area (Å²) < 4.78 is 6.99. The van der Waals surface area contributed by atoms with Crippen LogP contribution in [0, 0.1) is 6.92 Å². The lowest BCUT2D eigenvalue weighted by Crippen LogP contribution is -2.30. The molecule has 1 N–H and O–H groups in total. The zero-order valence-corrected chi connectivity index (χ0v) is 13.9. The van der Waals surface area contributed by atoms with Crippen LogP contribution in [-0.4, -0.2) is 27.4 Å². The van der Waals surface area contributed by atoms with Gasteiger partial charge in [-0.1, -0.05) is 29.8 Å². The third-order valence-electron chi connectivity index (χ3n) is 3.72. The first-order chi connectivity index (χ1) is 11.5. The number of rotatable bonds is 5. The second kappa shape index (κ2) is 7.03. The van der Waals surface area contributed by atoms with Crippen LogP contribution in [0.25, 0.3) is 10.9 Å². The molecule has 0 amide bonds. The van der Waals surface area contributed by atoms with Crippen LogP contribution in [0.4, 0.5) is 0 Å². The molecule has 5 nitrogen and oxygen atoms in total. The maximum absolute atomic E-state index is 12.4. The summed E-state index contributed by atoms with van der Waals surface area (Å²) in [6, 6.07) is 12.5. The zero-order chi connectivity index (χ0) is 17.1. The van der Waals surface area contributed by atoms with Gasteiger partial charge in [-0.3, -0.25) is 9.36 Å². The van der Waals surface area contributed by atoms with E-state index in [1.807, 2.05) is 31.2 Å². The van der Waals surface area contributed by atoms with E-state index in [4.69, 9.17) is 16.3 Å². The Balaban J connectivity index is 1.72. The van der Waals surface area contributed by atoms with Crippen LogP contribution in [0.2, 0.25) is 5.02 Å². The van der Waals surface area contributed by atoms with Crippen molar-refractivity contribution in [2.75, 3.05) is 6.61 Å². The summed E-state index contributed by atoms with van der Waals surface area (Å²) in [7, 11) is 0. The van der Waals surface area contributed by atoms with E-state index >= 15 is 0 Å². The van der Waals surface area contributed by atoms with E-state index in [0.717, 1.165) is 11.3 Å². The van der Waals surface area contributed by atoms with Gasteiger partial charge in [-0.2, -0.15) is 0 Å². The third-order valence-corrected chi connectivity index (χ3v) is 3.95. The van der Waals surface area contributed by atoms with Crippen molar-refractivity contribution in [2.24, 2.45) is 0 Å². The molecule has 0 spiro atoms. The maximum atomic E-state index is 12.4. The standard InChI is InChI=1S/C18H17ClN2O3/c1-12-4-2-3-5-17(12)24-10-14(22)9-21-11-20-16-8-13(19)6-7-15(16)18(21)23/h2-8,11,14,22H,9-10H2,1H3/t14-/m1/s1. The van der Waals surface area contributed by atoms with Crippen molar-refractivity contribution in [1.82, 2.24) is 9.55 Å². The number of benzene rings is 2. The number of ether oxygens (including phenoxy) is 1. The van der Waals surface area contributed by atoms with E-state index in [9.17, 15) is 9.90 Å². The van der Waals surface area contributed by atoms with Gasteiger partial charge in [-0.15, -0.1) is 0 Å². The van der Waals surface area contributed by atoms with Crippen LogP contribution in [0.15, 0.2) is 53.6 Å². The lowest BCUT2D eigenvalue weighted by atomic mass is 10.2. The highest BCUT2D eigenvalue weighted by Crippen LogP contribution is 2.17. The minimum absolute atomic E-state index is 0.0932. The van der Waals surface area contributed by atoms with Gasteiger partial charge < -0.3 is 9.84 Å². The molecule has 1 atom stereocenters. The van der Waals surface area contributed by atoms with Gasteiger partial charge in [0.15, 0.2) is 0 Å². The predicted octanol–water partition coefficient (Wildman–Crippen LogP) is 2.80. The van der Waals surface area contributed by atoms with E-state index in [0.29, 0.717) is 15.9 Å². The van der Waals surface area contributed by atoms with Crippen molar-refractivity contribution in [1.29, 1.82) is 0 Å². The summed E-state index contributed by atoms with van der Waals surface area (Å²) >= 11 is 5.90. The van der Waals surface area contributed by atoms with Crippen molar-refractivity contribution < 1.29 is 9.84 Å². The monoisotopic (exact) mass is 344 g/mol. The van der Waals surface area contributed by atoms with Gasteiger partial charge in [0.2, 0.25) is 0 Å². The second-order valence-corrected chi connectivity index (χ2v) is 6.03. The molecule has 0 radical (unpaired) electrons. The van der Waals surface area contributed by atoms with Crippen molar-refractivity contribution >= 4 is 22.5 Å². The van der Waals surface area contributed by atoms with E-state index < -0.39 is 6.10 Å². The fourth-order valence-corrected chi connectivity index (χ4v) is 2.61. The molecule has 6 heteroatoms. The Bertz CT molecular complexity index is 924. The number of fused-ring (bicyclic) bond motifs is 1. The molecule has 0 fully saturated rings. The molecular weight excluding hydrogens is 328 g/mol. The first-order valence-electron chi connectivity index (χ1n) is 7.56. The topological polar surface area (TPSA) is 64.3 Å². The smallest absolute Gasteiger partial charge is 0.261 e. The van der Waals surface area contributed by atoms with Crippen LogP contribution < -0.4 is 10.3 Å². The number of aliphatic hydroxyl groups excluding tert-OH is 1. The van der Waals surface area contributed by atoms with Crippen molar-refractivity contribution in [2.45, 2.75) is 19.6 Å². The Morgan fingerprint density at radius 3 is 2.88 bits per heavy atom. The summed E-state index contributed by atoms with van der Waals surface area (Å²) in [5.74, 6) is 0.718. The summed E-state index contributed by atoms with van der Waals surface area (Å²) in [5, 5.41) is 11.2. The molecule has 0 saturated carbocycles. The SMILES string of the molecule is Cc1ccccc1OC[C@H](O)Cn1cnc2cc(Cl)ccc2c1=O. The molecular formula is C18H17ClN2O3. The van der Waals surface area contributed by atoms with Crippen molar-refractivity contribution in [3.05, 3.63) is 69.7 Å². The van der Waals surface area contributed by atoms with Gasteiger partial charge >= 0.3 is 0 Å². The molecule has 0 aliphatic carbocycles. The first kappa shape index (κ1) is 16.5. The fourth-order valence-electron chi connectivity index (χ4n) is 2.45. The molecule has 1 heterocycles. The number of aromatic nitrogens is 2. The Morgan fingerprint density at radius 2 is 2.08 bits per heavy atom. The summed E-state index contributed by atoms with van der Waals surface area (Å²) in [5.41, 5.74) is 1.31. The largest absolute Gasteiger partial charge is 0.491 e. The molecule has 1 aromatic heterocycles. The van der Waals surface area contributed by atoms with Crippen LogP contribution in [0.1, 0.15) is 5.56 Å². The third kappa shape index (κ3) is 3.58. The number of para-hydroxylation sites is 1.